The molecule has 33 heavy (non-hydrogen) atoms. The van der Waals surface area contributed by atoms with Gasteiger partial charge in [0.1, 0.15) is 17.4 Å². The van der Waals surface area contributed by atoms with E-state index in [1.807, 2.05) is 30.5 Å². The molecule has 1 aromatic heterocycles. The summed E-state index contributed by atoms with van der Waals surface area (Å²) < 4.78 is 38.3. The molecule has 0 bridgehead atoms. The quantitative estimate of drug-likeness (QED) is 0.534. The molecule has 4 rings (SSSR count). The van der Waals surface area contributed by atoms with Crippen LogP contribution >= 0.6 is 0 Å². The lowest BCUT2D eigenvalue weighted by atomic mass is 9.94. The van der Waals surface area contributed by atoms with E-state index in [1.165, 1.54) is 6.07 Å². The topological polar surface area (TPSA) is 69.4 Å². The molecule has 3 aromatic rings. The molecule has 174 valence electrons. The summed E-state index contributed by atoms with van der Waals surface area (Å²) in [6, 6.07) is 11.3. The second-order valence-electron chi connectivity index (χ2n) is 8.34. The van der Waals surface area contributed by atoms with Gasteiger partial charge in [0.25, 0.3) is 0 Å². The van der Waals surface area contributed by atoms with Crippen LogP contribution in [-0.2, 0) is 11.2 Å². The minimum absolute atomic E-state index is 0.0196. The molecule has 1 aliphatic heterocycles. The van der Waals surface area contributed by atoms with Gasteiger partial charge in [-0.3, -0.25) is 4.98 Å². The molecule has 1 aliphatic rings. The van der Waals surface area contributed by atoms with Gasteiger partial charge in [0, 0.05) is 35.8 Å². The lowest BCUT2D eigenvalue weighted by molar-refractivity contribution is -0.0156. The maximum atomic E-state index is 13.7. The van der Waals surface area contributed by atoms with Crippen LogP contribution in [0.2, 0.25) is 0 Å². The Labute approximate surface area is 192 Å². The highest BCUT2D eigenvalue weighted by Crippen LogP contribution is 2.25. The Morgan fingerprint density at radius 3 is 2.88 bits per heavy atom. The van der Waals surface area contributed by atoms with E-state index in [9.17, 15) is 8.78 Å². The number of hydrogen-bond donors (Lipinski definition) is 2. The maximum absolute atomic E-state index is 13.7. The fourth-order valence-electron chi connectivity index (χ4n) is 4.21. The van der Waals surface area contributed by atoms with E-state index in [1.54, 1.807) is 19.3 Å². The number of halogens is 2. The lowest BCUT2D eigenvalue weighted by Gasteiger charge is -2.33. The number of fused-ring (bicyclic) bond motifs is 1. The van der Waals surface area contributed by atoms with Crippen molar-refractivity contribution in [1.82, 2.24) is 10.3 Å². The van der Waals surface area contributed by atoms with Gasteiger partial charge in [-0.1, -0.05) is 12.2 Å². The van der Waals surface area contributed by atoms with E-state index in [0.717, 1.165) is 47.2 Å². The Morgan fingerprint density at radius 1 is 1.21 bits per heavy atom. The van der Waals surface area contributed by atoms with Crippen molar-refractivity contribution in [1.29, 1.82) is 0 Å². The molecule has 5 nitrogen and oxygen atoms in total. The predicted molar refractivity (Wildman–Crippen MR) is 126 cm³/mol. The zero-order valence-corrected chi connectivity index (χ0v) is 18.6. The van der Waals surface area contributed by atoms with Crippen molar-refractivity contribution >= 4 is 17.0 Å². The van der Waals surface area contributed by atoms with Crippen LogP contribution in [0.1, 0.15) is 24.0 Å². The number of pyridine rings is 1. The molecular formula is C26H29F2N3O2. The molecule has 1 fully saturated rings. The summed E-state index contributed by atoms with van der Waals surface area (Å²) in [5, 5.41) is 4.43. The molecule has 0 saturated carbocycles. The Balaban J connectivity index is 1.27. The zero-order chi connectivity index (χ0) is 23.2. The van der Waals surface area contributed by atoms with Gasteiger partial charge in [0.15, 0.2) is 0 Å². The van der Waals surface area contributed by atoms with Gasteiger partial charge < -0.3 is 20.5 Å². The number of aromatic nitrogens is 1. The van der Waals surface area contributed by atoms with E-state index in [4.69, 9.17) is 15.2 Å². The number of nitrogens with one attached hydrogen (secondary N) is 1. The molecule has 0 spiro atoms. The monoisotopic (exact) mass is 453 g/mol. The molecular weight excluding hydrogens is 424 g/mol. The summed E-state index contributed by atoms with van der Waals surface area (Å²) in [7, 11) is 1.65. The summed E-state index contributed by atoms with van der Waals surface area (Å²) in [5.74, 6) is -0.0980. The van der Waals surface area contributed by atoms with Crippen LogP contribution in [0.15, 0.2) is 54.7 Å². The summed E-state index contributed by atoms with van der Waals surface area (Å²) in [5.41, 5.74) is 8.81. The van der Waals surface area contributed by atoms with Crippen molar-refractivity contribution < 1.29 is 18.3 Å². The molecule has 3 atom stereocenters. The van der Waals surface area contributed by atoms with Crippen LogP contribution in [0.4, 0.5) is 8.78 Å². The summed E-state index contributed by atoms with van der Waals surface area (Å²) in [6.45, 7) is 1.11. The average Bonchev–Trinajstić information content (AvgIpc) is 2.84. The zero-order valence-electron chi connectivity index (χ0n) is 18.6. The largest absolute Gasteiger partial charge is 0.497 e. The number of rotatable bonds is 8. The highest BCUT2D eigenvalue weighted by molar-refractivity contribution is 5.83. The van der Waals surface area contributed by atoms with E-state index >= 15 is 0 Å². The van der Waals surface area contributed by atoms with E-state index in [0.29, 0.717) is 19.6 Å². The molecule has 0 radical (unpaired) electrons. The number of nitrogens with zero attached hydrogens (tertiary/aromatic N) is 1. The van der Waals surface area contributed by atoms with Gasteiger partial charge in [0.05, 0.1) is 25.3 Å². The first kappa shape index (κ1) is 23.3. The van der Waals surface area contributed by atoms with Crippen molar-refractivity contribution in [3.8, 4) is 5.75 Å². The third kappa shape index (κ3) is 5.93. The van der Waals surface area contributed by atoms with E-state index in [2.05, 4.69) is 10.3 Å². The minimum atomic E-state index is -0.453. The molecule has 0 amide bonds. The predicted octanol–water partition coefficient (Wildman–Crippen LogP) is 4.24. The number of hydrogen-bond acceptors (Lipinski definition) is 5. The summed E-state index contributed by atoms with van der Waals surface area (Å²) in [6.07, 6.45) is 7.64. The van der Waals surface area contributed by atoms with Crippen molar-refractivity contribution in [2.24, 2.45) is 5.73 Å². The third-order valence-corrected chi connectivity index (χ3v) is 6.06. The first-order chi connectivity index (χ1) is 16.0. The molecule has 0 aliphatic carbocycles. The fourth-order valence-corrected chi connectivity index (χ4v) is 4.21. The van der Waals surface area contributed by atoms with Crippen LogP contribution in [0, 0.1) is 11.6 Å². The van der Waals surface area contributed by atoms with Gasteiger partial charge in [-0.15, -0.1) is 0 Å². The van der Waals surface area contributed by atoms with Crippen molar-refractivity contribution in [2.75, 3.05) is 20.3 Å². The first-order valence-corrected chi connectivity index (χ1v) is 11.2. The second kappa shape index (κ2) is 10.8. The number of nitrogens with two attached hydrogens (primary N) is 1. The number of ether oxygens (including phenoxy) is 2. The minimum Gasteiger partial charge on any atom is -0.497 e. The van der Waals surface area contributed by atoms with Crippen molar-refractivity contribution in [2.45, 2.75) is 37.5 Å². The Morgan fingerprint density at radius 2 is 2.09 bits per heavy atom. The molecule has 0 unspecified atom stereocenters. The lowest BCUT2D eigenvalue weighted by Crippen LogP contribution is -2.47. The Hall–Kier alpha value is -2.87. The molecule has 2 aromatic carbocycles. The highest BCUT2D eigenvalue weighted by atomic mass is 19.1. The van der Waals surface area contributed by atoms with Gasteiger partial charge in [-0.05, 0) is 67.3 Å². The van der Waals surface area contributed by atoms with E-state index < -0.39 is 11.6 Å². The maximum Gasteiger partial charge on any atom is 0.130 e. The Bertz CT molecular complexity index is 1110. The first-order valence-electron chi connectivity index (χ1n) is 11.2. The molecule has 7 heteroatoms. The molecule has 3 N–H and O–H groups in total. The van der Waals surface area contributed by atoms with Gasteiger partial charge in [0.2, 0.25) is 0 Å². The fraction of sp³-hybridized carbons (Fsp3) is 0.346. The van der Waals surface area contributed by atoms with Crippen molar-refractivity contribution in [3.05, 3.63) is 77.5 Å². The number of benzene rings is 2. The van der Waals surface area contributed by atoms with Crippen molar-refractivity contribution in [3.63, 3.8) is 0 Å². The standard InChI is InChI=1S/C26H29F2N3O2/c1-32-21-6-8-25-22(15-21)17(10-12-31-25)14-24(29)26-9-5-20(16-33-26)30-11-2-3-18-13-19(27)4-7-23(18)28/h2-4,6-8,10,12-13,15,20,24,26,30H,5,9,11,14,16,29H2,1H3/b3-2+/t20-,24+,26+/m1/s1. The SMILES string of the molecule is COc1ccc2nccc(C[C@H](N)[C@@H]3CC[C@@H](NC/C=C/c4cc(F)ccc4F)CO3)c2c1. The summed E-state index contributed by atoms with van der Waals surface area (Å²) in [4.78, 5) is 4.43. The normalized spacial score (nSPS) is 19.8. The highest BCUT2D eigenvalue weighted by Gasteiger charge is 2.26. The molecule has 2 heterocycles. The summed E-state index contributed by atoms with van der Waals surface area (Å²) >= 11 is 0. The number of methoxy groups -OCH3 is 1. The smallest absolute Gasteiger partial charge is 0.130 e. The van der Waals surface area contributed by atoms with Crippen LogP contribution in [-0.4, -0.2) is 43.4 Å². The van der Waals surface area contributed by atoms with Crippen LogP contribution in [0.5, 0.6) is 5.75 Å². The van der Waals surface area contributed by atoms with Gasteiger partial charge in [-0.2, -0.15) is 0 Å². The third-order valence-electron chi connectivity index (χ3n) is 6.06. The van der Waals surface area contributed by atoms with Crippen LogP contribution in [0.25, 0.3) is 17.0 Å². The van der Waals surface area contributed by atoms with E-state index in [-0.39, 0.29) is 23.8 Å². The van der Waals surface area contributed by atoms with Gasteiger partial charge in [-0.25, -0.2) is 8.78 Å². The van der Waals surface area contributed by atoms with Crippen LogP contribution < -0.4 is 15.8 Å². The Kier molecular flexibility index (Phi) is 7.65. The van der Waals surface area contributed by atoms with Gasteiger partial charge >= 0.3 is 0 Å². The molecule has 1 saturated heterocycles. The average molecular weight is 454 g/mol. The second-order valence-corrected chi connectivity index (χ2v) is 8.34. The van der Waals surface area contributed by atoms with Crippen LogP contribution in [0.3, 0.4) is 0 Å².